The van der Waals surface area contributed by atoms with Crippen LogP contribution in [0.4, 0.5) is 11.6 Å². The first-order chi connectivity index (χ1) is 17.4. The Hall–Kier alpha value is -3.66. The summed E-state index contributed by atoms with van der Waals surface area (Å²) in [5.74, 6) is 0.746. The van der Waals surface area contributed by atoms with E-state index in [4.69, 9.17) is 15.5 Å². The van der Waals surface area contributed by atoms with Gasteiger partial charge in [0, 0.05) is 23.8 Å². The molecule has 1 fully saturated rings. The van der Waals surface area contributed by atoms with E-state index in [1.54, 1.807) is 12.3 Å². The average molecular weight is 524 g/mol. The lowest BCUT2D eigenvalue weighted by Gasteiger charge is -2.36. The van der Waals surface area contributed by atoms with Gasteiger partial charge in [-0.1, -0.05) is 19.1 Å². The zero-order valence-corrected chi connectivity index (χ0v) is 22.6. The molecule has 1 saturated heterocycles. The van der Waals surface area contributed by atoms with Crippen LogP contribution in [0, 0.1) is 12.8 Å². The summed E-state index contributed by atoms with van der Waals surface area (Å²) < 4.78 is 33.8. The highest BCUT2D eigenvalue weighted by Crippen LogP contribution is 2.39. The maximum absolute atomic E-state index is 13.6. The maximum atomic E-state index is 13.6. The fraction of sp³-hybridized carbons (Fsp3) is 0.370. The highest BCUT2D eigenvalue weighted by Gasteiger charge is 2.41. The van der Waals surface area contributed by atoms with Gasteiger partial charge in [-0.3, -0.25) is 4.79 Å². The molecule has 10 heteroatoms. The van der Waals surface area contributed by atoms with Gasteiger partial charge in [-0.15, -0.1) is 0 Å². The first-order valence-corrected chi connectivity index (χ1v) is 13.7. The summed E-state index contributed by atoms with van der Waals surface area (Å²) in [6.45, 7) is 11.5. The number of aryl methyl sites for hydroxylation is 1. The largest absolute Gasteiger partial charge is 0.494 e. The van der Waals surface area contributed by atoms with Crippen molar-refractivity contribution in [1.29, 1.82) is 0 Å². The Morgan fingerprint density at radius 3 is 2.62 bits per heavy atom. The van der Waals surface area contributed by atoms with E-state index in [9.17, 15) is 13.2 Å². The summed E-state index contributed by atoms with van der Waals surface area (Å²) in [7, 11) is -4.27. The second kappa shape index (κ2) is 10.0. The number of carbonyl (C=O) groups excluding carboxylic acids is 1. The van der Waals surface area contributed by atoms with Crippen molar-refractivity contribution in [2.45, 2.75) is 51.6 Å². The molecule has 37 heavy (non-hydrogen) atoms. The molecule has 3 heterocycles. The van der Waals surface area contributed by atoms with E-state index in [0.29, 0.717) is 36.2 Å². The Bertz CT molecular complexity index is 1440. The van der Waals surface area contributed by atoms with Crippen LogP contribution >= 0.6 is 0 Å². The summed E-state index contributed by atoms with van der Waals surface area (Å²) in [4.78, 5) is 24.2. The summed E-state index contributed by atoms with van der Waals surface area (Å²) in [5, 5.41) is -0.332. The van der Waals surface area contributed by atoms with E-state index in [-0.39, 0.29) is 21.9 Å². The quantitative estimate of drug-likeness (QED) is 0.472. The number of benzene rings is 1. The lowest BCUT2D eigenvalue weighted by molar-refractivity contribution is 0.0981. The Morgan fingerprint density at radius 1 is 1.22 bits per heavy atom. The van der Waals surface area contributed by atoms with Crippen molar-refractivity contribution < 1.29 is 17.9 Å². The molecule has 1 aromatic carbocycles. The number of nitrogens with two attached hydrogens (primary N) is 1. The van der Waals surface area contributed by atoms with Gasteiger partial charge in [-0.25, -0.2) is 14.7 Å². The SMILES string of the molecule is CCOc1cc(C)cc(-c2cnc(N3CCC(C)C3(C)C)c(C(=O)NS(=O)(=O)c3cccc(N)n3)c2)c1. The third-order valence-electron chi connectivity index (χ3n) is 7.00. The molecule has 196 valence electrons. The molecule has 0 aliphatic carbocycles. The molecule has 0 bridgehead atoms. The fourth-order valence-electron chi connectivity index (χ4n) is 4.58. The molecule has 0 spiro atoms. The van der Waals surface area contributed by atoms with E-state index in [2.05, 4.69) is 35.4 Å². The Kier molecular flexibility index (Phi) is 7.14. The first kappa shape index (κ1) is 26.4. The van der Waals surface area contributed by atoms with Gasteiger partial charge in [0.2, 0.25) is 0 Å². The molecule has 0 radical (unpaired) electrons. The van der Waals surface area contributed by atoms with Crippen LogP contribution < -0.4 is 20.1 Å². The highest BCUT2D eigenvalue weighted by molar-refractivity contribution is 7.90. The minimum Gasteiger partial charge on any atom is -0.494 e. The molecule has 1 unspecified atom stereocenters. The number of aromatic nitrogens is 2. The smallest absolute Gasteiger partial charge is 0.281 e. The lowest BCUT2D eigenvalue weighted by Crippen LogP contribution is -2.43. The van der Waals surface area contributed by atoms with Crippen LogP contribution in [0.25, 0.3) is 11.1 Å². The van der Waals surface area contributed by atoms with E-state index in [1.807, 2.05) is 32.0 Å². The molecule has 1 aliphatic heterocycles. The lowest BCUT2D eigenvalue weighted by atomic mass is 9.90. The molecule has 4 rings (SSSR count). The van der Waals surface area contributed by atoms with Crippen molar-refractivity contribution in [1.82, 2.24) is 14.7 Å². The molecular weight excluding hydrogens is 490 g/mol. The number of anilines is 2. The zero-order valence-electron chi connectivity index (χ0n) is 21.8. The van der Waals surface area contributed by atoms with E-state index >= 15 is 0 Å². The number of hydrogen-bond donors (Lipinski definition) is 2. The van der Waals surface area contributed by atoms with Gasteiger partial charge < -0.3 is 15.4 Å². The van der Waals surface area contributed by atoms with Crippen molar-refractivity contribution in [2.75, 3.05) is 23.8 Å². The summed E-state index contributed by atoms with van der Waals surface area (Å²) in [6, 6.07) is 11.7. The van der Waals surface area contributed by atoms with Crippen molar-refractivity contribution in [2.24, 2.45) is 5.92 Å². The van der Waals surface area contributed by atoms with Crippen LogP contribution in [0.2, 0.25) is 0 Å². The van der Waals surface area contributed by atoms with Crippen LogP contribution in [0.15, 0.2) is 53.7 Å². The molecule has 2 aromatic heterocycles. The van der Waals surface area contributed by atoms with E-state index in [0.717, 1.165) is 17.5 Å². The summed E-state index contributed by atoms with van der Waals surface area (Å²) in [6.07, 6.45) is 2.64. The van der Waals surface area contributed by atoms with Crippen LogP contribution in [0.1, 0.15) is 50.0 Å². The van der Waals surface area contributed by atoms with Gasteiger partial charge in [0.15, 0.2) is 5.03 Å². The Labute approximate surface area is 218 Å². The minimum absolute atomic E-state index is 0.0389. The van der Waals surface area contributed by atoms with Gasteiger partial charge in [-0.05, 0) is 81.5 Å². The van der Waals surface area contributed by atoms with E-state index in [1.165, 1.54) is 18.2 Å². The standard InChI is InChI=1S/C27H33N5O4S/c1-6-36-21-13-17(2)12-19(14-21)20-15-22(25(29-16-20)32-11-10-18(3)27(32,4)5)26(33)31-37(34,35)24-9-7-8-23(28)30-24/h7-9,12-16,18H,6,10-11H2,1-5H3,(H2,28,30)(H,31,33). The molecule has 3 N–H and O–H groups in total. The number of nitrogens with one attached hydrogen (secondary N) is 1. The van der Waals surface area contributed by atoms with Crippen LogP contribution in [-0.2, 0) is 10.0 Å². The molecule has 1 aliphatic rings. The van der Waals surface area contributed by atoms with Crippen molar-refractivity contribution in [3.63, 3.8) is 0 Å². The van der Waals surface area contributed by atoms with Gasteiger partial charge in [0.05, 0.1) is 12.2 Å². The number of nitrogens with zero attached hydrogens (tertiary/aromatic N) is 3. The molecular formula is C27H33N5O4S. The van der Waals surface area contributed by atoms with E-state index < -0.39 is 15.9 Å². The van der Waals surface area contributed by atoms with Crippen LogP contribution in [-0.4, -0.2) is 43.0 Å². The normalized spacial score (nSPS) is 17.0. The summed E-state index contributed by atoms with van der Waals surface area (Å²) in [5.41, 5.74) is 8.01. The van der Waals surface area contributed by atoms with Gasteiger partial charge in [0.1, 0.15) is 17.4 Å². The molecule has 9 nitrogen and oxygen atoms in total. The van der Waals surface area contributed by atoms with Gasteiger partial charge >= 0.3 is 0 Å². The number of carbonyl (C=O) groups is 1. The number of pyridine rings is 2. The third kappa shape index (κ3) is 5.39. The number of ether oxygens (including phenoxy) is 1. The molecule has 3 aromatic rings. The molecule has 0 saturated carbocycles. The highest BCUT2D eigenvalue weighted by atomic mass is 32.2. The van der Waals surface area contributed by atoms with Crippen molar-refractivity contribution in [3.05, 3.63) is 59.8 Å². The van der Waals surface area contributed by atoms with Crippen molar-refractivity contribution >= 4 is 27.6 Å². The second-order valence-electron chi connectivity index (χ2n) is 9.89. The fourth-order valence-corrected chi connectivity index (χ4v) is 5.52. The second-order valence-corrected chi connectivity index (χ2v) is 11.5. The average Bonchev–Trinajstić information content (AvgIpc) is 3.10. The molecule has 1 amide bonds. The minimum atomic E-state index is -4.27. The van der Waals surface area contributed by atoms with Gasteiger partial charge in [-0.2, -0.15) is 8.42 Å². The topological polar surface area (TPSA) is 128 Å². The zero-order chi connectivity index (χ0) is 27.0. The number of rotatable bonds is 7. The van der Waals surface area contributed by atoms with Crippen LogP contribution in [0.3, 0.4) is 0 Å². The molecule has 1 atom stereocenters. The first-order valence-electron chi connectivity index (χ1n) is 12.2. The Morgan fingerprint density at radius 2 is 1.97 bits per heavy atom. The Balaban J connectivity index is 1.81. The predicted octanol–water partition coefficient (Wildman–Crippen LogP) is 4.18. The maximum Gasteiger partial charge on any atom is 0.281 e. The predicted molar refractivity (Wildman–Crippen MR) is 144 cm³/mol. The number of amides is 1. The third-order valence-corrected chi connectivity index (χ3v) is 8.23. The monoisotopic (exact) mass is 523 g/mol. The summed E-state index contributed by atoms with van der Waals surface area (Å²) >= 11 is 0. The van der Waals surface area contributed by atoms with Crippen LogP contribution in [0.5, 0.6) is 5.75 Å². The number of nitrogen functional groups attached to an aromatic ring is 1. The number of hydrogen-bond acceptors (Lipinski definition) is 8. The van der Waals surface area contributed by atoms with Gasteiger partial charge in [0.25, 0.3) is 15.9 Å². The number of sulfonamides is 1. The van der Waals surface area contributed by atoms with Crippen molar-refractivity contribution in [3.8, 4) is 16.9 Å².